The highest BCUT2D eigenvalue weighted by atomic mass is 19.4. The van der Waals surface area contributed by atoms with Gasteiger partial charge in [-0.1, -0.05) is 0 Å². The van der Waals surface area contributed by atoms with Gasteiger partial charge in [0.05, 0.1) is 0 Å². The van der Waals surface area contributed by atoms with Crippen LogP contribution < -0.4 is 0 Å². The molecule has 64 heavy (non-hydrogen) atoms. The van der Waals surface area contributed by atoms with Crippen LogP contribution in [0.5, 0.6) is 0 Å². The Hall–Kier alpha value is -4.16. The lowest BCUT2D eigenvalue weighted by atomic mass is 9.82. The molecule has 0 aromatic heterocycles. The Morgan fingerprint density at radius 3 is 0.609 bits per heavy atom. The molecule has 376 valence electrons. The van der Waals surface area contributed by atoms with Gasteiger partial charge in [0.15, 0.2) is 0 Å². The largest absolute Gasteiger partial charge is 0.421 e. The molecule has 0 aromatic rings. The molecule has 0 rings (SSSR count). The number of carbonyl (C=O) groups excluding carboxylic acids is 2. The van der Waals surface area contributed by atoms with Crippen LogP contribution in [0.3, 0.4) is 0 Å². The summed E-state index contributed by atoms with van der Waals surface area (Å²) in [5.41, 5.74) is 0. The van der Waals surface area contributed by atoms with Gasteiger partial charge >= 0.3 is 107 Å². The number of halogens is 38. The summed E-state index contributed by atoms with van der Waals surface area (Å²) < 4.78 is 522. The maximum atomic E-state index is 14.0. The number of rotatable bonds is 20. The lowest BCUT2D eigenvalue weighted by Gasteiger charge is -2.47. The number of isocyanates is 2. The predicted molar refractivity (Wildman–Crippen MR) is 115 cm³/mol. The van der Waals surface area contributed by atoms with E-state index in [0.29, 0.717) is 0 Å². The van der Waals surface area contributed by atoms with Gasteiger partial charge in [0.1, 0.15) is 0 Å². The molecule has 0 N–H and O–H groups in total. The smallest absolute Gasteiger partial charge is 0.211 e. The second-order valence-electron chi connectivity index (χ2n) is 11.3. The van der Waals surface area contributed by atoms with Crippen molar-refractivity contribution in [3.8, 4) is 0 Å². The van der Waals surface area contributed by atoms with Gasteiger partial charge in [0, 0.05) is 0 Å². The number of nitrogens with zero attached hydrogens (tertiary/aromatic N) is 2. The summed E-state index contributed by atoms with van der Waals surface area (Å²) in [5, 5.41) is 0. The molecule has 4 nitrogen and oxygen atoms in total. The van der Waals surface area contributed by atoms with Crippen LogP contribution in [0.25, 0.3) is 0 Å². The fourth-order valence-electron chi connectivity index (χ4n) is 3.63. The van der Waals surface area contributed by atoms with E-state index in [1.54, 1.807) is 0 Å². The second kappa shape index (κ2) is 15.2. The Balaban J connectivity index is 8.01. The van der Waals surface area contributed by atoms with Crippen molar-refractivity contribution in [3.63, 3.8) is 0 Å². The lowest BCUT2D eigenvalue weighted by Crippen LogP contribution is -2.80. The Kier molecular flexibility index (Phi) is 14.2. The van der Waals surface area contributed by atoms with Crippen molar-refractivity contribution >= 4 is 12.2 Å². The van der Waals surface area contributed by atoms with Gasteiger partial charge in [-0.2, -0.15) is 167 Å². The minimum atomic E-state index is -10.5. The normalized spacial score (nSPS) is 16.8. The van der Waals surface area contributed by atoms with E-state index in [1.165, 1.54) is 0 Å². The summed E-state index contributed by atoms with van der Waals surface area (Å²) >= 11 is 0. The molecule has 0 bridgehead atoms. The summed E-state index contributed by atoms with van der Waals surface area (Å²) in [4.78, 5) is 20.4. The van der Waals surface area contributed by atoms with Gasteiger partial charge in [-0.3, -0.25) is 0 Å². The highest BCUT2D eigenvalue weighted by Crippen LogP contribution is 2.71. The molecule has 0 amide bonds. The number of aliphatic imine (C=N–C) groups is 2. The van der Waals surface area contributed by atoms with E-state index in [-0.39, 0.29) is 4.99 Å². The zero-order chi connectivity index (χ0) is 53.0. The molecule has 0 saturated heterocycles. The third-order valence-corrected chi connectivity index (χ3v) is 7.47. The summed E-state index contributed by atoms with van der Waals surface area (Å²) in [6.45, 7) is 0. The highest BCUT2D eigenvalue weighted by Gasteiger charge is 3.02. The van der Waals surface area contributed by atoms with E-state index in [4.69, 9.17) is 0 Å². The van der Waals surface area contributed by atoms with E-state index in [9.17, 15) is 176 Å². The third kappa shape index (κ3) is 6.79. The quantitative estimate of drug-likeness (QED) is 0.0528. The minimum absolute atomic E-state index is 0.237. The summed E-state index contributed by atoms with van der Waals surface area (Å²) in [7, 11) is 0. The maximum Gasteiger partial charge on any atom is 0.421 e. The molecule has 0 aliphatic carbocycles. The SMILES string of the molecule is O=C=NC(F)=C(F)C(F)(F)C(F)(F)C(F)(F)C(F)(F)C(F)(F)C(F)(F)C(F)(F)C(F)(F)C(F)(F)C(F)(F)C(F)(F)C(F)(F)C(F)(F)C(F)(F)C(F)(F)C(F)(F)C(F)(F)C(F)(F)N=C=O. The molecular formula is C22F38N2O2. The number of hydrogen-bond donors (Lipinski definition) is 0. The molecule has 0 radical (unpaired) electrons. The average molecular weight is 1050 g/mol. The Bertz CT molecular complexity index is 1890. The van der Waals surface area contributed by atoms with E-state index in [2.05, 4.69) is 0 Å². The molecule has 0 saturated carbocycles. The molecule has 0 heterocycles. The predicted octanol–water partition coefficient (Wildman–Crippen LogP) is 12.2. The zero-order valence-corrected chi connectivity index (χ0v) is 27.1. The van der Waals surface area contributed by atoms with Crippen LogP contribution in [0.2, 0.25) is 0 Å². The first kappa shape index (κ1) is 59.8. The number of hydrogen-bond acceptors (Lipinski definition) is 4. The Labute approximate surface area is 318 Å². The molecule has 0 aliphatic heterocycles. The van der Waals surface area contributed by atoms with Crippen molar-refractivity contribution in [2.75, 3.05) is 0 Å². The maximum absolute atomic E-state index is 14.0. The lowest BCUT2D eigenvalue weighted by molar-refractivity contribution is -0.492. The summed E-state index contributed by atoms with van der Waals surface area (Å²) in [5.74, 6) is -179. The van der Waals surface area contributed by atoms with Crippen LogP contribution in [0, 0.1) is 0 Å². The first-order chi connectivity index (χ1) is 27.2. The van der Waals surface area contributed by atoms with Crippen molar-refractivity contribution in [1.29, 1.82) is 0 Å². The Morgan fingerprint density at radius 1 is 0.266 bits per heavy atom. The summed E-state index contributed by atoms with van der Waals surface area (Å²) in [6, 6.07) is -7.75. The van der Waals surface area contributed by atoms with E-state index in [0.717, 1.165) is 4.99 Å². The first-order valence-electron chi connectivity index (χ1n) is 13.2. The molecule has 0 unspecified atom stereocenters. The van der Waals surface area contributed by atoms with Gasteiger partial charge in [0.25, 0.3) is 5.95 Å². The van der Waals surface area contributed by atoms with Crippen molar-refractivity contribution in [2.45, 2.75) is 107 Å². The van der Waals surface area contributed by atoms with Crippen molar-refractivity contribution in [2.24, 2.45) is 9.98 Å². The van der Waals surface area contributed by atoms with Crippen molar-refractivity contribution in [1.82, 2.24) is 0 Å². The third-order valence-electron chi connectivity index (χ3n) is 7.47. The zero-order valence-electron chi connectivity index (χ0n) is 27.1. The molecule has 0 atom stereocenters. The fourth-order valence-corrected chi connectivity index (χ4v) is 3.63. The standard InChI is InChI=1S/C22F38N2O2/c23-3(4(24)61-1-63)5(25,26)6(27,28)7(29,30)8(31,32)9(33,34)10(35,36)11(37,38)12(39,40)13(41,42)14(43,44)15(45,46)16(47,48)17(49,50)18(51,52)19(53,54)20(55,56)21(57,58)22(59,60)62-2-64. The van der Waals surface area contributed by atoms with E-state index < -0.39 is 131 Å². The van der Waals surface area contributed by atoms with Crippen LogP contribution in [-0.2, 0) is 9.59 Å². The second-order valence-corrected chi connectivity index (χ2v) is 11.3. The van der Waals surface area contributed by atoms with E-state index in [1.807, 2.05) is 0 Å². The van der Waals surface area contributed by atoms with Crippen LogP contribution in [-0.4, -0.2) is 119 Å². The first-order valence-corrected chi connectivity index (χ1v) is 13.2. The van der Waals surface area contributed by atoms with Crippen LogP contribution in [0.4, 0.5) is 167 Å². The molecule has 0 aliphatic rings. The Morgan fingerprint density at radius 2 is 0.438 bits per heavy atom. The average Bonchev–Trinajstić information content (AvgIpc) is 3.09. The van der Waals surface area contributed by atoms with Crippen LogP contribution >= 0.6 is 0 Å². The van der Waals surface area contributed by atoms with Gasteiger partial charge in [-0.05, 0) is 0 Å². The van der Waals surface area contributed by atoms with E-state index >= 15 is 0 Å². The highest BCUT2D eigenvalue weighted by molar-refractivity contribution is 5.37. The monoisotopic (exact) mass is 1050 g/mol. The van der Waals surface area contributed by atoms with Gasteiger partial charge in [0.2, 0.25) is 18.0 Å². The molecular weight excluding hydrogens is 1050 g/mol. The topological polar surface area (TPSA) is 58.9 Å². The molecule has 0 fully saturated rings. The molecule has 42 heteroatoms. The van der Waals surface area contributed by atoms with Crippen molar-refractivity contribution < 1.29 is 176 Å². The minimum Gasteiger partial charge on any atom is -0.211 e. The number of alkyl halides is 36. The van der Waals surface area contributed by atoms with Gasteiger partial charge in [-0.25, -0.2) is 9.59 Å². The van der Waals surface area contributed by atoms with Gasteiger partial charge < -0.3 is 0 Å². The van der Waals surface area contributed by atoms with Crippen molar-refractivity contribution in [3.05, 3.63) is 11.8 Å². The molecule has 0 aromatic carbocycles. The van der Waals surface area contributed by atoms with Crippen LogP contribution in [0.1, 0.15) is 0 Å². The molecule has 0 spiro atoms. The fraction of sp³-hybridized carbons (Fsp3) is 0.818. The van der Waals surface area contributed by atoms with Gasteiger partial charge in [-0.15, -0.1) is 9.98 Å². The van der Waals surface area contributed by atoms with Crippen LogP contribution in [0.15, 0.2) is 21.8 Å². The summed E-state index contributed by atoms with van der Waals surface area (Å²) in [6.07, 6.45) is -1.44. The number of allylic oxidation sites excluding steroid dienone is 1.